The molecule has 0 saturated carbocycles. The van der Waals surface area contributed by atoms with E-state index in [1.54, 1.807) is 0 Å². The summed E-state index contributed by atoms with van der Waals surface area (Å²) in [5.74, 6) is 0.183. The van der Waals surface area contributed by atoms with E-state index in [-0.39, 0.29) is 25.1 Å². The van der Waals surface area contributed by atoms with Gasteiger partial charge < -0.3 is 20.3 Å². The Hall–Kier alpha value is -1.44. The molecule has 0 aliphatic carbocycles. The molecule has 0 radical (unpaired) electrons. The topological polar surface area (TPSA) is 99.6 Å². The number of aromatic nitrogens is 2. The molecule has 3 N–H and O–H groups in total. The van der Waals surface area contributed by atoms with Gasteiger partial charge in [-0.2, -0.15) is 4.98 Å². The van der Waals surface area contributed by atoms with Gasteiger partial charge in [0.2, 0.25) is 0 Å². The van der Waals surface area contributed by atoms with E-state index in [9.17, 15) is 4.79 Å². The molecule has 0 bridgehead atoms. The minimum atomic E-state index is -0.528. The van der Waals surface area contributed by atoms with Crippen LogP contribution in [0.2, 0.25) is 0 Å². The largest absolute Gasteiger partial charge is 0.394 e. The Morgan fingerprint density at radius 3 is 3.12 bits per heavy atom. The zero-order chi connectivity index (χ0) is 11.5. The molecule has 88 valence electrons. The van der Waals surface area contributed by atoms with Gasteiger partial charge in [-0.1, -0.05) is 0 Å². The quantitative estimate of drug-likeness (QED) is 0.656. The number of rotatable bonds is 3. The van der Waals surface area contributed by atoms with Crippen LogP contribution in [0.1, 0.15) is 0 Å². The Labute approximate surface area is 91.4 Å². The Morgan fingerprint density at radius 1 is 1.69 bits per heavy atom. The molecule has 0 amide bonds. The van der Waals surface area contributed by atoms with Gasteiger partial charge in [0.25, 0.3) is 0 Å². The Bertz CT molecular complexity index is 419. The molecule has 2 heterocycles. The molecule has 1 saturated heterocycles. The second-order valence-electron chi connectivity index (χ2n) is 3.49. The van der Waals surface area contributed by atoms with Crippen molar-refractivity contribution in [2.24, 2.45) is 0 Å². The smallest absolute Gasteiger partial charge is 0.349 e. The Balaban J connectivity index is 2.02. The summed E-state index contributed by atoms with van der Waals surface area (Å²) in [7, 11) is 0. The van der Waals surface area contributed by atoms with E-state index in [2.05, 4.69) is 4.98 Å². The van der Waals surface area contributed by atoms with Crippen LogP contribution in [0.25, 0.3) is 0 Å². The minimum absolute atomic E-state index is 0.0919. The summed E-state index contributed by atoms with van der Waals surface area (Å²) in [5, 5.41) is 8.84. The second kappa shape index (κ2) is 4.60. The lowest BCUT2D eigenvalue weighted by Gasteiger charge is -2.11. The van der Waals surface area contributed by atoms with Crippen LogP contribution < -0.4 is 11.4 Å². The first-order chi connectivity index (χ1) is 7.69. The molecule has 1 aliphatic heterocycles. The monoisotopic (exact) mass is 227 g/mol. The van der Waals surface area contributed by atoms with Crippen molar-refractivity contribution in [2.75, 3.05) is 18.9 Å². The molecule has 2 atom stereocenters. The van der Waals surface area contributed by atoms with Crippen LogP contribution in [0.5, 0.6) is 0 Å². The SMILES string of the molecule is Nc1ccn(CC2OCC(CO)O2)c(=O)n1. The van der Waals surface area contributed by atoms with Gasteiger partial charge >= 0.3 is 5.69 Å². The zero-order valence-electron chi connectivity index (χ0n) is 8.57. The van der Waals surface area contributed by atoms with Gasteiger partial charge in [0.05, 0.1) is 19.8 Å². The molecule has 1 aliphatic rings. The number of ether oxygens (including phenoxy) is 2. The highest BCUT2D eigenvalue weighted by atomic mass is 16.7. The van der Waals surface area contributed by atoms with Gasteiger partial charge in [-0.05, 0) is 6.07 Å². The van der Waals surface area contributed by atoms with Crippen molar-refractivity contribution in [2.45, 2.75) is 18.9 Å². The highest BCUT2D eigenvalue weighted by Crippen LogP contribution is 2.12. The average molecular weight is 227 g/mol. The summed E-state index contributed by atoms with van der Waals surface area (Å²) in [6, 6.07) is 1.53. The van der Waals surface area contributed by atoms with Gasteiger partial charge in [0, 0.05) is 6.20 Å². The zero-order valence-corrected chi connectivity index (χ0v) is 8.57. The third-order valence-corrected chi connectivity index (χ3v) is 2.26. The summed E-state index contributed by atoms with van der Waals surface area (Å²) in [6.07, 6.45) is 0.687. The Morgan fingerprint density at radius 2 is 2.50 bits per heavy atom. The second-order valence-corrected chi connectivity index (χ2v) is 3.49. The van der Waals surface area contributed by atoms with Gasteiger partial charge in [-0.15, -0.1) is 0 Å². The van der Waals surface area contributed by atoms with Crippen molar-refractivity contribution in [3.63, 3.8) is 0 Å². The van der Waals surface area contributed by atoms with Crippen LogP contribution in [0.3, 0.4) is 0 Å². The lowest BCUT2D eigenvalue weighted by Crippen LogP contribution is -2.29. The molecule has 1 aromatic rings. The first-order valence-electron chi connectivity index (χ1n) is 4.90. The fraction of sp³-hybridized carbons (Fsp3) is 0.556. The first kappa shape index (κ1) is 11.1. The maximum Gasteiger partial charge on any atom is 0.349 e. The van der Waals surface area contributed by atoms with E-state index in [1.165, 1.54) is 16.8 Å². The molecular formula is C9H13N3O4. The molecule has 1 aromatic heterocycles. The van der Waals surface area contributed by atoms with Gasteiger partial charge in [0.1, 0.15) is 11.9 Å². The van der Waals surface area contributed by atoms with Crippen LogP contribution in [-0.2, 0) is 16.0 Å². The third kappa shape index (κ3) is 2.38. The van der Waals surface area contributed by atoms with Crippen molar-refractivity contribution in [3.05, 3.63) is 22.7 Å². The maximum absolute atomic E-state index is 11.4. The van der Waals surface area contributed by atoms with Crippen LogP contribution in [0.15, 0.2) is 17.1 Å². The molecule has 2 unspecified atom stereocenters. The van der Waals surface area contributed by atoms with E-state index < -0.39 is 12.0 Å². The van der Waals surface area contributed by atoms with Gasteiger partial charge in [-0.3, -0.25) is 4.57 Å². The van der Waals surface area contributed by atoms with E-state index in [0.29, 0.717) is 6.61 Å². The summed E-state index contributed by atoms with van der Waals surface area (Å²) < 4.78 is 11.9. The van der Waals surface area contributed by atoms with Gasteiger partial charge in [0.15, 0.2) is 6.29 Å². The van der Waals surface area contributed by atoms with Crippen molar-refractivity contribution >= 4 is 5.82 Å². The van der Waals surface area contributed by atoms with Crippen molar-refractivity contribution in [3.8, 4) is 0 Å². The summed E-state index contributed by atoms with van der Waals surface area (Å²) in [4.78, 5) is 15.0. The molecular weight excluding hydrogens is 214 g/mol. The fourth-order valence-corrected chi connectivity index (χ4v) is 1.44. The average Bonchev–Trinajstić information content (AvgIpc) is 2.70. The molecule has 7 nitrogen and oxygen atoms in total. The van der Waals surface area contributed by atoms with E-state index >= 15 is 0 Å². The van der Waals surface area contributed by atoms with E-state index in [1.807, 2.05) is 0 Å². The van der Waals surface area contributed by atoms with E-state index in [0.717, 1.165) is 0 Å². The number of nitrogens with zero attached hydrogens (tertiary/aromatic N) is 2. The highest BCUT2D eigenvalue weighted by molar-refractivity contribution is 5.23. The molecule has 2 rings (SSSR count). The lowest BCUT2D eigenvalue weighted by molar-refractivity contribution is -0.0747. The number of aliphatic hydroxyl groups excluding tert-OH is 1. The number of aliphatic hydroxyl groups is 1. The summed E-state index contributed by atoms with van der Waals surface area (Å²) >= 11 is 0. The molecule has 0 aromatic carbocycles. The number of nitrogens with two attached hydrogens (primary N) is 1. The Kier molecular flexibility index (Phi) is 3.18. The number of hydrogen-bond acceptors (Lipinski definition) is 6. The predicted octanol–water partition coefficient (Wildman–Crippen LogP) is -1.44. The normalized spacial score (nSPS) is 24.8. The third-order valence-electron chi connectivity index (χ3n) is 2.26. The van der Waals surface area contributed by atoms with Crippen molar-refractivity contribution < 1.29 is 14.6 Å². The van der Waals surface area contributed by atoms with Gasteiger partial charge in [-0.25, -0.2) is 4.79 Å². The van der Waals surface area contributed by atoms with Crippen molar-refractivity contribution in [1.29, 1.82) is 0 Å². The fourth-order valence-electron chi connectivity index (χ4n) is 1.44. The maximum atomic E-state index is 11.4. The molecule has 7 heteroatoms. The molecule has 1 fully saturated rings. The number of hydrogen-bond donors (Lipinski definition) is 2. The molecule has 16 heavy (non-hydrogen) atoms. The minimum Gasteiger partial charge on any atom is -0.394 e. The number of nitrogen functional groups attached to an aromatic ring is 1. The summed E-state index contributed by atoms with van der Waals surface area (Å²) in [6.45, 7) is 0.478. The molecule has 0 spiro atoms. The van der Waals surface area contributed by atoms with Crippen LogP contribution in [0.4, 0.5) is 5.82 Å². The predicted molar refractivity (Wildman–Crippen MR) is 54.6 cm³/mol. The van der Waals surface area contributed by atoms with Crippen LogP contribution in [0, 0.1) is 0 Å². The van der Waals surface area contributed by atoms with Crippen molar-refractivity contribution in [1.82, 2.24) is 9.55 Å². The lowest BCUT2D eigenvalue weighted by atomic mass is 10.4. The van der Waals surface area contributed by atoms with Crippen LogP contribution in [-0.4, -0.2) is 40.3 Å². The van der Waals surface area contributed by atoms with E-state index in [4.69, 9.17) is 20.3 Å². The first-order valence-corrected chi connectivity index (χ1v) is 4.90. The highest BCUT2D eigenvalue weighted by Gasteiger charge is 2.25. The number of anilines is 1. The summed E-state index contributed by atoms with van der Waals surface area (Å²) in [5.41, 5.74) is 4.91. The standard InChI is InChI=1S/C9H13N3O4/c10-7-1-2-12(9(14)11-7)3-8-15-5-6(4-13)16-8/h1-2,6,8,13H,3-5H2,(H2,10,11,14). The van der Waals surface area contributed by atoms with Crippen LogP contribution >= 0.6 is 0 Å².